The van der Waals surface area contributed by atoms with Gasteiger partial charge in [-0.25, -0.2) is 9.37 Å². The maximum Gasteiger partial charge on any atom is 0.250 e. The molecule has 4 rings (SSSR count). The Hall–Kier alpha value is -1.50. The van der Waals surface area contributed by atoms with Gasteiger partial charge in [0.25, 0.3) is 5.88 Å². The molecule has 2 saturated heterocycles. The molecule has 0 aromatic carbocycles. The molecule has 2 aliphatic rings. The molecule has 0 radical (unpaired) electrons. The molecule has 4 nitrogen and oxygen atoms in total. The van der Waals surface area contributed by atoms with Crippen molar-refractivity contribution < 1.29 is 13.9 Å². The highest BCUT2D eigenvalue weighted by atomic mass is 32.1. The van der Waals surface area contributed by atoms with Gasteiger partial charge >= 0.3 is 0 Å². The van der Waals surface area contributed by atoms with Crippen LogP contribution in [0.15, 0.2) is 29.8 Å². The lowest BCUT2D eigenvalue weighted by molar-refractivity contribution is -0.188. The molecule has 0 N–H and O–H groups in total. The molecule has 2 fully saturated rings. The fraction of sp³-hybridized carbons (Fsp3) is 0.500. The smallest absolute Gasteiger partial charge is 0.250 e. The Morgan fingerprint density at radius 1 is 1.46 bits per heavy atom. The van der Waals surface area contributed by atoms with Gasteiger partial charge < -0.3 is 9.47 Å². The third-order valence-corrected chi connectivity index (χ3v) is 5.82. The van der Waals surface area contributed by atoms with E-state index in [-0.39, 0.29) is 17.6 Å². The van der Waals surface area contributed by atoms with E-state index < -0.39 is 5.82 Å². The van der Waals surface area contributed by atoms with Crippen LogP contribution in [0.4, 0.5) is 4.39 Å². The highest BCUT2D eigenvalue weighted by Gasteiger charge is 2.48. The molecule has 6 heteroatoms. The molecular formula is C18H21FN2O2S. The largest absolute Gasteiger partial charge is 0.472 e. The lowest BCUT2D eigenvalue weighted by Gasteiger charge is -2.53. The molecule has 1 unspecified atom stereocenters. The van der Waals surface area contributed by atoms with Crippen LogP contribution in [0.3, 0.4) is 0 Å². The summed E-state index contributed by atoms with van der Waals surface area (Å²) in [7, 11) is 0. The van der Waals surface area contributed by atoms with Crippen LogP contribution in [-0.2, 0) is 11.3 Å². The summed E-state index contributed by atoms with van der Waals surface area (Å²) in [6.07, 6.45) is 3.10. The molecule has 128 valence electrons. The standard InChI is InChI=1S/C18H21FN2O2S/c1-13-5-8-24-16(13)10-21-11-18(12-21)9-14(4-7-22-18)23-17-15(19)3-2-6-20-17/h2-3,5-6,8,14H,4,7,9-12H2,1H3. The van der Waals surface area contributed by atoms with Crippen molar-refractivity contribution in [2.75, 3.05) is 19.7 Å². The summed E-state index contributed by atoms with van der Waals surface area (Å²) in [6, 6.07) is 5.12. The number of ether oxygens (including phenoxy) is 2. The van der Waals surface area contributed by atoms with Crippen molar-refractivity contribution in [2.45, 2.75) is 38.0 Å². The number of hydrogen-bond donors (Lipinski definition) is 0. The zero-order valence-electron chi connectivity index (χ0n) is 13.7. The SMILES string of the molecule is Cc1ccsc1CN1CC2(CC(Oc3ncccc3F)CCO2)C1. The van der Waals surface area contributed by atoms with Gasteiger partial charge in [-0.2, -0.15) is 0 Å². The fourth-order valence-corrected chi connectivity index (χ4v) is 4.52. The Kier molecular flexibility index (Phi) is 4.28. The van der Waals surface area contributed by atoms with Crippen molar-refractivity contribution >= 4 is 11.3 Å². The van der Waals surface area contributed by atoms with E-state index in [4.69, 9.17) is 9.47 Å². The van der Waals surface area contributed by atoms with Crippen molar-refractivity contribution in [1.82, 2.24) is 9.88 Å². The van der Waals surface area contributed by atoms with Crippen molar-refractivity contribution in [3.8, 4) is 5.88 Å². The summed E-state index contributed by atoms with van der Waals surface area (Å²) in [6.45, 7) is 5.62. The Balaban J connectivity index is 1.34. The number of thiophene rings is 1. The topological polar surface area (TPSA) is 34.6 Å². The molecule has 0 saturated carbocycles. The maximum absolute atomic E-state index is 13.7. The van der Waals surface area contributed by atoms with E-state index in [0.717, 1.165) is 32.5 Å². The molecule has 2 aromatic rings. The van der Waals surface area contributed by atoms with Crippen LogP contribution in [0.1, 0.15) is 23.3 Å². The number of rotatable bonds is 4. The minimum Gasteiger partial charge on any atom is -0.472 e. The minimum absolute atomic E-state index is 0.0335. The normalized spacial score (nSPS) is 23.2. The van der Waals surface area contributed by atoms with E-state index in [2.05, 4.69) is 28.3 Å². The molecule has 24 heavy (non-hydrogen) atoms. The molecule has 0 aliphatic carbocycles. The lowest BCUT2D eigenvalue weighted by atomic mass is 9.84. The molecule has 1 spiro atoms. The molecular weight excluding hydrogens is 327 g/mol. The number of hydrogen-bond acceptors (Lipinski definition) is 5. The fourth-order valence-electron chi connectivity index (χ4n) is 3.57. The summed E-state index contributed by atoms with van der Waals surface area (Å²) in [4.78, 5) is 7.82. The first-order valence-corrected chi connectivity index (χ1v) is 9.18. The number of halogens is 1. The van der Waals surface area contributed by atoms with E-state index in [1.165, 1.54) is 16.5 Å². The second-order valence-electron chi connectivity index (χ2n) is 6.73. The number of aromatic nitrogens is 1. The summed E-state index contributed by atoms with van der Waals surface area (Å²) >= 11 is 1.81. The summed E-state index contributed by atoms with van der Waals surface area (Å²) in [5.74, 6) is -0.300. The highest BCUT2D eigenvalue weighted by Crippen LogP contribution is 2.37. The van der Waals surface area contributed by atoms with Crippen molar-refractivity contribution in [3.05, 3.63) is 46.0 Å². The first-order valence-electron chi connectivity index (χ1n) is 8.30. The monoisotopic (exact) mass is 348 g/mol. The first kappa shape index (κ1) is 16.0. The van der Waals surface area contributed by atoms with Crippen LogP contribution in [0.2, 0.25) is 0 Å². The predicted octanol–water partition coefficient (Wildman–Crippen LogP) is 3.40. The van der Waals surface area contributed by atoms with Crippen LogP contribution in [0.5, 0.6) is 5.88 Å². The average Bonchev–Trinajstić information content (AvgIpc) is 2.94. The Morgan fingerprint density at radius 2 is 2.33 bits per heavy atom. The van der Waals surface area contributed by atoms with Gasteiger partial charge in [0, 0.05) is 43.5 Å². The van der Waals surface area contributed by atoms with Gasteiger partial charge in [0.1, 0.15) is 6.10 Å². The number of likely N-dealkylation sites (tertiary alicyclic amines) is 1. The molecule has 2 aliphatic heterocycles. The molecule has 2 aromatic heterocycles. The Morgan fingerprint density at radius 3 is 3.08 bits per heavy atom. The summed E-state index contributed by atoms with van der Waals surface area (Å²) < 4.78 is 25.6. The maximum atomic E-state index is 13.7. The van der Waals surface area contributed by atoms with E-state index in [1.54, 1.807) is 12.3 Å². The van der Waals surface area contributed by atoms with Crippen LogP contribution in [-0.4, -0.2) is 41.3 Å². The Labute approximate surface area is 145 Å². The highest BCUT2D eigenvalue weighted by molar-refractivity contribution is 7.10. The predicted molar refractivity (Wildman–Crippen MR) is 90.9 cm³/mol. The minimum atomic E-state index is -0.401. The third-order valence-electron chi connectivity index (χ3n) is 4.81. The molecule has 0 bridgehead atoms. The molecule has 4 heterocycles. The van der Waals surface area contributed by atoms with Gasteiger partial charge in [-0.15, -0.1) is 11.3 Å². The number of nitrogens with zero attached hydrogens (tertiary/aromatic N) is 2. The zero-order chi connectivity index (χ0) is 16.6. The lowest BCUT2D eigenvalue weighted by Crippen LogP contribution is -2.65. The zero-order valence-corrected chi connectivity index (χ0v) is 14.5. The van der Waals surface area contributed by atoms with Gasteiger partial charge in [-0.3, -0.25) is 4.90 Å². The van der Waals surface area contributed by atoms with Crippen LogP contribution >= 0.6 is 11.3 Å². The van der Waals surface area contributed by atoms with Crippen LogP contribution < -0.4 is 4.74 Å². The van der Waals surface area contributed by atoms with E-state index >= 15 is 0 Å². The third kappa shape index (κ3) is 3.18. The van der Waals surface area contributed by atoms with E-state index in [0.29, 0.717) is 6.61 Å². The second-order valence-corrected chi connectivity index (χ2v) is 7.73. The van der Waals surface area contributed by atoms with Crippen LogP contribution in [0.25, 0.3) is 0 Å². The molecule has 0 amide bonds. The van der Waals surface area contributed by atoms with Gasteiger partial charge in [-0.1, -0.05) is 0 Å². The summed E-state index contributed by atoms with van der Waals surface area (Å²) in [5.41, 5.74) is 1.22. The quantitative estimate of drug-likeness (QED) is 0.848. The van der Waals surface area contributed by atoms with Gasteiger partial charge in [0.2, 0.25) is 0 Å². The van der Waals surface area contributed by atoms with Gasteiger partial charge in [0.15, 0.2) is 5.82 Å². The van der Waals surface area contributed by atoms with Gasteiger partial charge in [0.05, 0.1) is 12.2 Å². The second kappa shape index (κ2) is 6.43. The van der Waals surface area contributed by atoms with E-state index in [9.17, 15) is 4.39 Å². The summed E-state index contributed by atoms with van der Waals surface area (Å²) in [5, 5.41) is 2.14. The molecule has 1 atom stereocenters. The van der Waals surface area contributed by atoms with Crippen molar-refractivity contribution in [1.29, 1.82) is 0 Å². The van der Waals surface area contributed by atoms with Crippen molar-refractivity contribution in [3.63, 3.8) is 0 Å². The van der Waals surface area contributed by atoms with Crippen molar-refractivity contribution in [2.24, 2.45) is 0 Å². The number of pyridine rings is 1. The van der Waals surface area contributed by atoms with Gasteiger partial charge in [-0.05, 0) is 36.1 Å². The number of aryl methyl sites for hydroxylation is 1. The van der Waals surface area contributed by atoms with E-state index in [1.807, 2.05) is 11.3 Å². The van der Waals surface area contributed by atoms with Crippen LogP contribution in [0, 0.1) is 12.7 Å². The average molecular weight is 348 g/mol. The first-order chi connectivity index (χ1) is 11.6. The Bertz CT molecular complexity index is 715.